The fourth-order valence-electron chi connectivity index (χ4n) is 2.32. The molecule has 0 saturated carbocycles. The summed E-state index contributed by atoms with van der Waals surface area (Å²) in [6, 6.07) is 13.3. The number of nitrogens with one attached hydrogen (secondary N) is 1. The van der Waals surface area contributed by atoms with Gasteiger partial charge in [0.15, 0.2) is 0 Å². The molecule has 7 heteroatoms. The van der Waals surface area contributed by atoms with E-state index in [1.807, 2.05) is 25.1 Å². The number of nitro benzene ring substituents is 1. The molecule has 1 amide bonds. The number of nitrogens with zero attached hydrogens (tertiary/aromatic N) is 3. The number of nitro groups is 1. The Bertz CT molecular complexity index is 904. The number of anilines is 1. The van der Waals surface area contributed by atoms with E-state index < -0.39 is 10.8 Å². The lowest BCUT2D eigenvalue weighted by molar-refractivity contribution is -0.384. The van der Waals surface area contributed by atoms with Crippen LogP contribution in [0.4, 0.5) is 11.4 Å². The van der Waals surface area contributed by atoms with Gasteiger partial charge >= 0.3 is 0 Å². The predicted octanol–water partition coefficient (Wildman–Crippen LogP) is 3.34. The summed E-state index contributed by atoms with van der Waals surface area (Å²) in [6.07, 6.45) is 3.14. The lowest BCUT2D eigenvalue weighted by atomic mass is 10.1. The van der Waals surface area contributed by atoms with Gasteiger partial charge in [0.1, 0.15) is 5.69 Å². The fourth-order valence-corrected chi connectivity index (χ4v) is 2.32. The van der Waals surface area contributed by atoms with E-state index in [-0.39, 0.29) is 11.3 Å². The van der Waals surface area contributed by atoms with E-state index in [1.54, 1.807) is 18.3 Å². The molecule has 3 rings (SSSR count). The Hall–Kier alpha value is -3.48. The molecular weight excluding hydrogens is 308 g/mol. The van der Waals surface area contributed by atoms with E-state index in [4.69, 9.17) is 0 Å². The van der Waals surface area contributed by atoms with Gasteiger partial charge in [-0.15, -0.1) is 0 Å². The quantitative estimate of drug-likeness (QED) is 0.589. The molecule has 0 aliphatic heterocycles. The Kier molecular flexibility index (Phi) is 4.07. The van der Waals surface area contributed by atoms with E-state index >= 15 is 0 Å². The summed E-state index contributed by atoms with van der Waals surface area (Å²) in [5, 5.41) is 18.1. The van der Waals surface area contributed by atoms with Crippen LogP contribution in [0.1, 0.15) is 15.9 Å². The van der Waals surface area contributed by atoms with Gasteiger partial charge in [-0.1, -0.05) is 18.2 Å². The van der Waals surface area contributed by atoms with Crippen LogP contribution in [0.2, 0.25) is 0 Å². The third kappa shape index (κ3) is 3.00. The minimum absolute atomic E-state index is 0.184. The number of amides is 1. The van der Waals surface area contributed by atoms with Crippen molar-refractivity contribution in [3.63, 3.8) is 0 Å². The minimum atomic E-state index is -0.526. The van der Waals surface area contributed by atoms with Gasteiger partial charge in [-0.3, -0.25) is 14.9 Å². The largest absolute Gasteiger partial charge is 0.322 e. The summed E-state index contributed by atoms with van der Waals surface area (Å²) in [5.74, 6) is -0.403. The van der Waals surface area contributed by atoms with E-state index in [1.165, 1.54) is 29.1 Å². The highest BCUT2D eigenvalue weighted by Crippen LogP contribution is 2.24. The molecule has 0 aliphatic rings. The number of hydrogen-bond acceptors (Lipinski definition) is 4. The van der Waals surface area contributed by atoms with Crippen molar-refractivity contribution < 1.29 is 9.72 Å². The van der Waals surface area contributed by atoms with Crippen molar-refractivity contribution in [2.75, 3.05) is 5.32 Å². The summed E-state index contributed by atoms with van der Waals surface area (Å²) in [6.45, 7) is 1.87. The maximum absolute atomic E-state index is 12.4. The molecule has 0 atom stereocenters. The third-order valence-corrected chi connectivity index (χ3v) is 3.58. The van der Waals surface area contributed by atoms with Crippen LogP contribution in [0.3, 0.4) is 0 Å². The van der Waals surface area contributed by atoms with Gasteiger partial charge in [-0.2, -0.15) is 5.10 Å². The van der Waals surface area contributed by atoms with E-state index in [0.29, 0.717) is 11.4 Å². The van der Waals surface area contributed by atoms with Crippen LogP contribution in [-0.4, -0.2) is 20.6 Å². The van der Waals surface area contributed by atoms with Crippen molar-refractivity contribution >= 4 is 17.3 Å². The summed E-state index contributed by atoms with van der Waals surface area (Å²) in [7, 11) is 0. The summed E-state index contributed by atoms with van der Waals surface area (Å²) in [5.41, 5.74) is 1.91. The van der Waals surface area contributed by atoms with Crippen molar-refractivity contribution in [3.05, 3.63) is 82.2 Å². The van der Waals surface area contributed by atoms with Crippen LogP contribution in [0.15, 0.2) is 60.9 Å². The van der Waals surface area contributed by atoms with E-state index in [9.17, 15) is 14.9 Å². The average molecular weight is 322 g/mol. The first-order valence-electron chi connectivity index (χ1n) is 7.21. The molecule has 0 unspecified atom stereocenters. The third-order valence-electron chi connectivity index (χ3n) is 3.58. The molecular formula is C17H14N4O3. The molecule has 0 fully saturated rings. The van der Waals surface area contributed by atoms with Crippen LogP contribution in [-0.2, 0) is 0 Å². The molecule has 0 spiro atoms. The zero-order valence-corrected chi connectivity index (χ0v) is 12.8. The normalized spacial score (nSPS) is 10.4. The fraction of sp³-hybridized carbons (Fsp3) is 0.0588. The molecule has 1 heterocycles. The molecule has 2 aromatic carbocycles. The van der Waals surface area contributed by atoms with Crippen LogP contribution < -0.4 is 5.32 Å². The number of para-hydroxylation sites is 1. The first-order chi connectivity index (χ1) is 11.6. The molecule has 1 aromatic heterocycles. The zero-order valence-electron chi connectivity index (χ0n) is 12.8. The van der Waals surface area contributed by atoms with Crippen molar-refractivity contribution in [2.45, 2.75) is 6.92 Å². The van der Waals surface area contributed by atoms with Crippen LogP contribution in [0.5, 0.6) is 0 Å². The van der Waals surface area contributed by atoms with Crippen LogP contribution >= 0.6 is 0 Å². The van der Waals surface area contributed by atoms with Gasteiger partial charge in [0, 0.05) is 29.7 Å². The Balaban J connectivity index is 1.94. The monoisotopic (exact) mass is 322 g/mol. The van der Waals surface area contributed by atoms with Crippen molar-refractivity contribution in [3.8, 4) is 5.69 Å². The number of aromatic nitrogens is 2. The zero-order chi connectivity index (χ0) is 17.1. The molecule has 0 radical (unpaired) electrons. The van der Waals surface area contributed by atoms with Gasteiger partial charge in [0.2, 0.25) is 0 Å². The Morgan fingerprint density at radius 3 is 2.67 bits per heavy atom. The number of carbonyl (C=O) groups is 1. The van der Waals surface area contributed by atoms with Gasteiger partial charge in [-0.05, 0) is 36.8 Å². The molecule has 0 saturated heterocycles. The van der Waals surface area contributed by atoms with Gasteiger partial charge < -0.3 is 5.32 Å². The Morgan fingerprint density at radius 2 is 2.00 bits per heavy atom. The second-order valence-corrected chi connectivity index (χ2v) is 5.18. The average Bonchev–Trinajstić information content (AvgIpc) is 3.10. The summed E-state index contributed by atoms with van der Waals surface area (Å²) in [4.78, 5) is 23.2. The van der Waals surface area contributed by atoms with E-state index in [0.717, 1.165) is 5.56 Å². The SMILES string of the molecule is Cc1ccccc1NC(=O)c1ccc(-n2cccn2)c([N+](=O)[O-])c1. The van der Waals surface area contributed by atoms with Gasteiger partial charge in [-0.25, -0.2) is 4.68 Å². The second kappa shape index (κ2) is 6.33. The standard InChI is InChI=1S/C17H14N4O3/c1-12-5-2-3-6-14(12)19-17(22)13-7-8-15(16(11-13)21(23)24)20-10-4-9-18-20/h2-11H,1H3,(H,19,22). The molecule has 24 heavy (non-hydrogen) atoms. The predicted molar refractivity (Wildman–Crippen MR) is 89.4 cm³/mol. The smallest absolute Gasteiger partial charge is 0.295 e. The molecule has 120 valence electrons. The van der Waals surface area contributed by atoms with Crippen LogP contribution in [0, 0.1) is 17.0 Å². The van der Waals surface area contributed by atoms with Crippen molar-refractivity contribution in [2.24, 2.45) is 0 Å². The van der Waals surface area contributed by atoms with E-state index in [2.05, 4.69) is 10.4 Å². The molecule has 0 aliphatic carbocycles. The highest BCUT2D eigenvalue weighted by Gasteiger charge is 2.19. The second-order valence-electron chi connectivity index (χ2n) is 5.18. The Morgan fingerprint density at radius 1 is 1.21 bits per heavy atom. The number of carbonyl (C=O) groups excluding carboxylic acids is 1. The topological polar surface area (TPSA) is 90.1 Å². The maximum Gasteiger partial charge on any atom is 0.295 e. The molecule has 1 N–H and O–H groups in total. The highest BCUT2D eigenvalue weighted by molar-refractivity contribution is 6.05. The molecule has 3 aromatic rings. The molecule has 7 nitrogen and oxygen atoms in total. The number of aryl methyl sites for hydroxylation is 1. The minimum Gasteiger partial charge on any atom is -0.322 e. The summed E-state index contributed by atoms with van der Waals surface area (Å²) < 4.78 is 1.39. The summed E-state index contributed by atoms with van der Waals surface area (Å²) >= 11 is 0. The lowest BCUT2D eigenvalue weighted by Crippen LogP contribution is -2.13. The highest BCUT2D eigenvalue weighted by atomic mass is 16.6. The Labute approximate surface area is 137 Å². The first kappa shape index (κ1) is 15.4. The van der Waals surface area contributed by atoms with Crippen molar-refractivity contribution in [1.29, 1.82) is 0 Å². The van der Waals surface area contributed by atoms with Gasteiger partial charge in [0.05, 0.1) is 4.92 Å². The van der Waals surface area contributed by atoms with Gasteiger partial charge in [0.25, 0.3) is 11.6 Å². The number of rotatable bonds is 4. The maximum atomic E-state index is 12.4. The number of benzene rings is 2. The first-order valence-corrected chi connectivity index (χ1v) is 7.21. The van der Waals surface area contributed by atoms with Crippen LogP contribution in [0.25, 0.3) is 5.69 Å². The molecule has 0 bridgehead atoms. The number of hydrogen-bond donors (Lipinski definition) is 1. The lowest BCUT2D eigenvalue weighted by Gasteiger charge is -2.09. The van der Waals surface area contributed by atoms with Crippen molar-refractivity contribution in [1.82, 2.24) is 9.78 Å².